The number of hydrogen-bond acceptors (Lipinski definition) is 1. The zero-order valence-corrected chi connectivity index (χ0v) is 29.5. The van der Waals surface area contributed by atoms with Gasteiger partial charge >= 0.3 is 0 Å². The smallest absolute Gasteiger partial charge is 0.0543 e. The molecule has 8 aromatic rings. The number of nitrogens with zero attached hydrogens (tertiary/aromatic N) is 1. The minimum Gasteiger partial charge on any atom is -0.309 e. The molecule has 0 amide bonds. The van der Waals surface area contributed by atoms with E-state index in [4.69, 9.17) is 0 Å². The minimum absolute atomic E-state index is 0.125. The van der Waals surface area contributed by atoms with Crippen LogP contribution >= 0.6 is 0 Å². The third-order valence-electron chi connectivity index (χ3n) is 10.7. The molecule has 0 atom stereocenters. The molecule has 52 heavy (non-hydrogen) atoms. The van der Waals surface area contributed by atoms with Gasteiger partial charge in [0.1, 0.15) is 0 Å². The SMILES string of the molecule is CC1(C)c2ccccc2-c2c(N(c3ccccc3-c3ccccc3)c3ccccc3-c3ccccc3-c3ccccc3-c3ccccc3)cccc21. The second-order valence-electron chi connectivity index (χ2n) is 14.1. The van der Waals surface area contributed by atoms with E-state index in [0.29, 0.717) is 0 Å². The average Bonchev–Trinajstić information content (AvgIpc) is 3.45. The van der Waals surface area contributed by atoms with Crippen LogP contribution in [-0.4, -0.2) is 0 Å². The van der Waals surface area contributed by atoms with E-state index < -0.39 is 0 Å². The molecule has 1 aliphatic rings. The van der Waals surface area contributed by atoms with Crippen molar-refractivity contribution in [3.05, 3.63) is 211 Å². The van der Waals surface area contributed by atoms with Crippen molar-refractivity contribution in [1.82, 2.24) is 0 Å². The van der Waals surface area contributed by atoms with Crippen LogP contribution in [0.3, 0.4) is 0 Å². The van der Waals surface area contributed by atoms with E-state index in [1.165, 1.54) is 72.4 Å². The van der Waals surface area contributed by atoms with Gasteiger partial charge in [0.05, 0.1) is 17.1 Å². The predicted molar refractivity (Wildman–Crippen MR) is 220 cm³/mol. The lowest BCUT2D eigenvalue weighted by atomic mass is 9.82. The lowest BCUT2D eigenvalue weighted by Gasteiger charge is -2.32. The predicted octanol–water partition coefficient (Wildman–Crippen LogP) is 14.1. The van der Waals surface area contributed by atoms with Crippen molar-refractivity contribution in [2.75, 3.05) is 4.90 Å². The first-order valence-corrected chi connectivity index (χ1v) is 18.1. The van der Waals surface area contributed by atoms with Crippen LogP contribution in [-0.2, 0) is 5.41 Å². The standard InChI is InChI=1S/C51H39N/c1-51(2)45-31-16-13-30-44(45)50-46(51)32-19-35-49(50)52(47-33-17-14-25-39(47)37-22-7-4-8-23-37)48-34-18-15-29-43(48)42-28-12-11-27-41(42)40-26-10-9-24-38(40)36-20-5-3-6-21-36/h3-35H,1-2H3. The maximum absolute atomic E-state index is 2.52. The largest absolute Gasteiger partial charge is 0.309 e. The summed E-state index contributed by atoms with van der Waals surface area (Å²) in [5, 5.41) is 0. The van der Waals surface area contributed by atoms with Crippen molar-refractivity contribution in [3.63, 3.8) is 0 Å². The molecule has 9 rings (SSSR count). The molecule has 0 N–H and O–H groups in total. The summed E-state index contributed by atoms with van der Waals surface area (Å²) in [6.45, 7) is 4.72. The van der Waals surface area contributed by atoms with Crippen LogP contribution in [0, 0.1) is 0 Å². The van der Waals surface area contributed by atoms with E-state index >= 15 is 0 Å². The molecule has 8 aromatic carbocycles. The molecule has 1 nitrogen and oxygen atoms in total. The number of hydrogen-bond donors (Lipinski definition) is 0. The molecule has 1 heteroatoms. The second-order valence-corrected chi connectivity index (χ2v) is 14.1. The van der Waals surface area contributed by atoms with E-state index in [1.54, 1.807) is 0 Å². The van der Waals surface area contributed by atoms with E-state index in [9.17, 15) is 0 Å². The van der Waals surface area contributed by atoms with Crippen LogP contribution in [0.15, 0.2) is 200 Å². The summed E-state index contributed by atoms with van der Waals surface area (Å²) in [7, 11) is 0. The highest BCUT2D eigenvalue weighted by molar-refractivity contribution is 6.02. The minimum atomic E-state index is -0.125. The molecule has 0 spiro atoms. The monoisotopic (exact) mass is 665 g/mol. The highest BCUT2D eigenvalue weighted by Gasteiger charge is 2.38. The Hall–Kier alpha value is -6.44. The highest BCUT2D eigenvalue weighted by atomic mass is 15.2. The Morgan fingerprint density at radius 3 is 1.31 bits per heavy atom. The van der Waals surface area contributed by atoms with E-state index in [0.717, 1.165) is 11.4 Å². The molecule has 1 aliphatic carbocycles. The Kier molecular flexibility index (Phi) is 7.90. The van der Waals surface area contributed by atoms with Gasteiger partial charge in [-0.3, -0.25) is 0 Å². The number of fused-ring (bicyclic) bond motifs is 3. The van der Waals surface area contributed by atoms with Gasteiger partial charge in [0, 0.05) is 22.1 Å². The highest BCUT2D eigenvalue weighted by Crippen LogP contribution is 2.56. The molecule has 0 fully saturated rings. The molecule has 0 aromatic heterocycles. The summed E-state index contributed by atoms with van der Waals surface area (Å²) >= 11 is 0. The van der Waals surface area contributed by atoms with Crippen molar-refractivity contribution in [2.45, 2.75) is 19.3 Å². The van der Waals surface area contributed by atoms with Gasteiger partial charge in [-0.25, -0.2) is 0 Å². The number of benzene rings is 8. The first-order chi connectivity index (χ1) is 25.6. The third-order valence-corrected chi connectivity index (χ3v) is 10.7. The second kappa shape index (κ2) is 13.0. The molecule has 0 radical (unpaired) electrons. The van der Waals surface area contributed by atoms with Gasteiger partial charge in [0.2, 0.25) is 0 Å². The molecule has 0 aliphatic heterocycles. The Morgan fingerprint density at radius 2 is 0.673 bits per heavy atom. The molecule has 0 heterocycles. The van der Waals surface area contributed by atoms with Gasteiger partial charge in [-0.2, -0.15) is 0 Å². The summed E-state index contributed by atoms with van der Waals surface area (Å²) in [6, 6.07) is 72.8. The number of rotatable bonds is 7. The molecular formula is C51H39N. The van der Waals surface area contributed by atoms with Crippen molar-refractivity contribution in [2.24, 2.45) is 0 Å². The van der Waals surface area contributed by atoms with Gasteiger partial charge in [-0.05, 0) is 68.3 Å². The van der Waals surface area contributed by atoms with Gasteiger partial charge in [0.15, 0.2) is 0 Å². The van der Waals surface area contributed by atoms with Crippen LogP contribution in [0.25, 0.3) is 55.6 Å². The van der Waals surface area contributed by atoms with Crippen molar-refractivity contribution < 1.29 is 0 Å². The van der Waals surface area contributed by atoms with Crippen LogP contribution in [0.5, 0.6) is 0 Å². The van der Waals surface area contributed by atoms with Crippen molar-refractivity contribution in [3.8, 4) is 55.6 Å². The van der Waals surface area contributed by atoms with Crippen molar-refractivity contribution in [1.29, 1.82) is 0 Å². The first kappa shape index (κ1) is 31.5. The molecule has 0 unspecified atom stereocenters. The van der Waals surface area contributed by atoms with E-state index in [-0.39, 0.29) is 5.41 Å². The lowest BCUT2D eigenvalue weighted by molar-refractivity contribution is 0.660. The van der Waals surface area contributed by atoms with Gasteiger partial charge < -0.3 is 4.90 Å². The first-order valence-electron chi connectivity index (χ1n) is 18.1. The molecule has 0 saturated carbocycles. The van der Waals surface area contributed by atoms with E-state index in [2.05, 4.69) is 219 Å². The summed E-state index contributed by atoms with van der Waals surface area (Å²) in [5.74, 6) is 0. The summed E-state index contributed by atoms with van der Waals surface area (Å²) < 4.78 is 0. The maximum atomic E-state index is 2.52. The zero-order valence-electron chi connectivity index (χ0n) is 29.5. The Labute approximate surface area is 307 Å². The van der Waals surface area contributed by atoms with Crippen LogP contribution in [0.1, 0.15) is 25.0 Å². The van der Waals surface area contributed by atoms with Crippen LogP contribution in [0.2, 0.25) is 0 Å². The Morgan fingerprint density at radius 1 is 0.288 bits per heavy atom. The van der Waals surface area contributed by atoms with Crippen LogP contribution < -0.4 is 4.90 Å². The third kappa shape index (κ3) is 5.25. The normalized spacial score (nSPS) is 12.6. The molecule has 0 bridgehead atoms. The molecule has 248 valence electrons. The topological polar surface area (TPSA) is 3.24 Å². The molecular weight excluding hydrogens is 627 g/mol. The Balaban J connectivity index is 1.34. The van der Waals surface area contributed by atoms with Gasteiger partial charge in [0.25, 0.3) is 0 Å². The van der Waals surface area contributed by atoms with Gasteiger partial charge in [-0.1, -0.05) is 196 Å². The number of anilines is 3. The van der Waals surface area contributed by atoms with Crippen molar-refractivity contribution >= 4 is 17.1 Å². The quantitative estimate of drug-likeness (QED) is 0.164. The maximum Gasteiger partial charge on any atom is 0.0543 e. The van der Waals surface area contributed by atoms with Crippen LogP contribution in [0.4, 0.5) is 17.1 Å². The molecule has 0 saturated heterocycles. The fourth-order valence-electron chi connectivity index (χ4n) is 8.28. The fourth-order valence-corrected chi connectivity index (χ4v) is 8.28. The lowest BCUT2D eigenvalue weighted by Crippen LogP contribution is -2.16. The Bertz CT molecular complexity index is 2540. The summed E-state index contributed by atoms with van der Waals surface area (Å²) in [4.78, 5) is 2.52. The number of para-hydroxylation sites is 2. The fraction of sp³-hybridized carbons (Fsp3) is 0.0588. The average molecular weight is 666 g/mol. The zero-order chi connectivity index (χ0) is 35.1. The summed E-state index contributed by atoms with van der Waals surface area (Å²) in [5.41, 5.74) is 18.2. The summed E-state index contributed by atoms with van der Waals surface area (Å²) in [6.07, 6.45) is 0. The van der Waals surface area contributed by atoms with Gasteiger partial charge in [-0.15, -0.1) is 0 Å². The van der Waals surface area contributed by atoms with E-state index in [1.807, 2.05) is 0 Å².